The molecule has 1 aliphatic heterocycles. The standard InChI is InChI=1S/C11H17N3O3/c1-2-17-11(16)14-7-4-9(5-8-14)13-10(15)3-6-12/h9H,2-5,7-8H2,1H3,(H,13,15). The summed E-state index contributed by atoms with van der Waals surface area (Å²) in [5.41, 5.74) is 0. The second kappa shape index (κ2) is 6.74. The number of carbonyl (C=O) groups excluding carboxylic acids is 2. The normalized spacial score (nSPS) is 16.1. The maximum Gasteiger partial charge on any atom is 0.409 e. The largest absolute Gasteiger partial charge is 0.450 e. The van der Waals surface area contributed by atoms with E-state index < -0.39 is 0 Å². The first kappa shape index (κ1) is 13.3. The van der Waals surface area contributed by atoms with Crippen LogP contribution in [-0.4, -0.2) is 42.6 Å². The average molecular weight is 239 g/mol. The molecule has 0 aromatic rings. The number of piperidine rings is 1. The maximum absolute atomic E-state index is 11.4. The number of nitrogens with one attached hydrogen (secondary N) is 1. The molecule has 0 saturated carbocycles. The van der Waals surface area contributed by atoms with E-state index >= 15 is 0 Å². The van der Waals surface area contributed by atoms with Crippen molar-refractivity contribution in [1.82, 2.24) is 10.2 Å². The number of amides is 2. The van der Waals surface area contributed by atoms with E-state index in [0.29, 0.717) is 32.5 Å². The second-order valence-electron chi connectivity index (χ2n) is 3.86. The van der Waals surface area contributed by atoms with Crippen LogP contribution >= 0.6 is 0 Å². The van der Waals surface area contributed by atoms with Crippen molar-refractivity contribution in [2.45, 2.75) is 32.2 Å². The van der Waals surface area contributed by atoms with Gasteiger partial charge in [0.15, 0.2) is 0 Å². The van der Waals surface area contributed by atoms with Crippen molar-refractivity contribution in [3.8, 4) is 6.07 Å². The molecule has 0 aromatic heterocycles. The molecule has 1 rings (SSSR count). The van der Waals surface area contributed by atoms with Gasteiger partial charge in [-0.05, 0) is 19.8 Å². The third-order valence-corrected chi connectivity index (χ3v) is 2.63. The number of ether oxygens (including phenoxy) is 1. The predicted octanol–water partition coefficient (Wildman–Crippen LogP) is 0.637. The van der Waals surface area contributed by atoms with Crippen LogP contribution in [-0.2, 0) is 9.53 Å². The van der Waals surface area contributed by atoms with Crippen LogP contribution in [0.3, 0.4) is 0 Å². The Morgan fingerprint density at radius 1 is 1.47 bits per heavy atom. The van der Waals surface area contributed by atoms with Crippen molar-refractivity contribution in [2.24, 2.45) is 0 Å². The molecule has 0 aliphatic carbocycles. The van der Waals surface area contributed by atoms with E-state index in [4.69, 9.17) is 10.00 Å². The smallest absolute Gasteiger partial charge is 0.409 e. The van der Waals surface area contributed by atoms with Crippen molar-refractivity contribution < 1.29 is 14.3 Å². The van der Waals surface area contributed by atoms with Gasteiger partial charge in [0.1, 0.15) is 6.42 Å². The molecule has 2 amide bonds. The quantitative estimate of drug-likeness (QED) is 0.783. The molecule has 1 N–H and O–H groups in total. The highest BCUT2D eigenvalue weighted by atomic mass is 16.6. The minimum atomic E-state index is -0.297. The highest BCUT2D eigenvalue weighted by molar-refractivity contribution is 5.78. The lowest BCUT2D eigenvalue weighted by Crippen LogP contribution is -2.46. The third kappa shape index (κ3) is 4.31. The Kier molecular flexibility index (Phi) is 5.27. The molecule has 6 heteroatoms. The summed E-state index contributed by atoms with van der Waals surface area (Å²) in [5.74, 6) is -0.248. The second-order valence-corrected chi connectivity index (χ2v) is 3.86. The van der Waals surface area contributed by atoms with Crippen molar-refractivity contribution in [3.05, 3.63) is 0 Å². The lowest BCUT2D eigenvalue weighted by Gasteiger charge is -2.31. The van der Waals surface area contributed by atoms with Crippen molar-refractivity contribution in [3.63, 3.8) is 0 Å². The zero-order chi connectivity index (χ0) is 12.7. The van der Waals surface area contributed by atoms with Crippen molar-refractivity contribution in [2.75, 3.05) is 19.7 Å². The predicted molar refractivity (Wildman–Crippen MR) is 60.0 cm³/mol. The van der Waals surface area contributed by atoms with Gasteiger partial charge < -0.3 is 15.0 Å². The fraction of sp³-hybridized carbons (Fsp3) is 0.727. The molecule has 0 atom stereocenters. The van der Waals surface area contributed by atoms with Gasteiger partial charge in [-0.25, -0.2) is 4.79 Å². The summed E-state index contributed by atoms with van der Waals surface area (Å²) in [5, 5.41) is 11.1. The number of rotatable bonds is 3. The molecular formula is C11H17N3O3. The number of nitriles is 1. The van der Waals surface area contributed by atoms with Gasteiger partial charge in [-0.2, -0.15) is 5.26 Å². The Morgan fingerprint density at radius 2 is 2.12 bits per heavy atom. The van der Waals surface area contributed by atoms with Gasteiger partial charge in [-0.1, -0.05) is 0 Å². The van der Waals surface area contributed by atoms with Crippen LogP contribution in [0.25, 0.3) is 0 Å². The number of hydrogen-bond acceptors (Lipinski definition) is 4. The molecular weight excluding hydrogens is 222 g/mol. The molecule has 94 valence electrons. The monoisotopic (exact) mass is 239 g/mol. The fourth-order valence-corrected chi connectivity index (χ4v) is 1.77. The van der Waals surface area contributed by atoms with E-state index in [-0.39, 0.29) is 24.5 Å². The summed E-state index contributed by atoms with van der Waals surface area (Å²) in [6.45, 7) is 3.30. The lowest BCUT2D eigenvalue weighted by atomic mass is 10.1. The Labute approximate surface area is 101 Å². The van der Waals surface area contributed by atoms with Crippen LogP contribution in [0.1, 0.15) is 26.2 Å². The highest BCUT2D eigenvalue weighted by Crippen LogP contribution is 2.11. The van der Waals surface area contributed by atoms with E-state index in [1.807, 2.05) is 0 Å². The van der Waals surface area contributed by atoms with Crippen LogP contribution < -0.4 is 5.32 Å². The Hall–Kier alpha value is -1.77. The molecule has 0 spiro atoms. The number of nitrogens with zero attached hydrogens (tertiary/aromatic N) is 2. The minimum Gasteiger partial charge on any atom is -0.450 e. The minimum absolute atomic E-state index is 0.0570. The van der Waals surface area contributed by atoms with E-state index in [0.717, 1.165) is 0 Å². The molecule has 1 heterocycles. The Balaban J connectivity index is 2.28. The van der Waals surface area contributed by atoms with Gasteiger partial charge in [0.2, 0.25) is 5.91 Å². The van der Waals surface area contributed by atoms with E-state index in [9.17, 15) is 9.59 Å². The maximum atomic E-state index is 11.4. The zero-order valence-electron chi connectivity index (χ0n) is 9.94. The average Bonchev–Trinajstić information content (AvgIpc) is 2.30. The topological polar surface area (TPSA) is 82.4 Å². The Morgan fingerprint density at radius 3 is 2.65 bits per heavy atom. The molecule has 1 saturated heterocycles. The molecule has 0 unspecified atom stereocenters. The van der Waals surface area contributed by atoms with E-state index in [1.54, 1.807) is 17.9 Å². The summed E-state index contributed by atoms with van der Waals surface area (Å²) < 4.78 is 4.89. The first-order chi connectivity index (χ1) is 8.17. The molecule has 0 bridgehead atoms. The third-order valence-electron chi connectivity index (χ3n) is 2.63. The van der Waals surface area contributed by atoms with Gasteiger partial charge >= 0.3 is 6.09 Å². The molecule has 17 heavy (non-hydrogen) atoms. The summed E-state index contributed by atoms with van der Waals surface area (Å²) in [7, 11) is 0. The van der Waals surface area contributed by atoms with Gasteiger partial charge in [-0.15, -0.1) is 0 Å². The summed E-state index contributed by atoms with van der Waals surface area (Å²) >= 11 is 0. The first-order valence-corrected chi connectivity index (χ1v) is 5.75. The van der Waals surface area contributed by atoms with Gasteiger partial charge in [0.25, 0.3) is 0 Å². The Bertz CT molecular complexity index is 316. The molecule has 0 radical (unpaired) electrons. The highest BCUT2D eigenvalue weighted by Gasteiger charge is 2.24. The van der Waals surface area contributed by atoms with Crippen LogP contribution in [0.5, 0.6) is 0 Å². The number of carbonyl (C=O) groups is 2. The van der Waals surface area contributed by atoms with Gasteiger partial charge in [0.05, 0.1) is 12.7 Å². The summed E-state index contributed by atoms with van der Waals surface area (Å²) in [6.07, 6.45) is 0.999. The lowest BCUT2D eigenvalue weighted by molar-refractivity contribution is -0.121. The van der Waals surface area contributed by atoms with Crippen LogP contribution in [0.4, 0.5) is 4.79 Å². The summed E-state index contributed by atoms with van der Waals surface area (Å²) in [6, 6.07) is 1.86. The molecule has 1 fully saturated rings. The van der Waals surface area contributed by atoms with Crippen LogP contribution in [0.15, 0.2) is 0 Å². The van der Waals surface area contributed by atoms with Gasteiger partial charge in [0, 0.05) is 19.1 Å². The molecule has 0 aromatic carbocycles. The fourth-order valence-electron chi connectivity index (χ4n) is 1.77. The number of likely N-dealkylation sites (tertiary alicyclic amines) is 1. The van der Waals surface area contributed by atoms with Crippen molar-refractivity contribution >= 4 is 12.0 Å². The first-order valence-electron chi connectivity index (χ1n) is 5.75. The van der Waals surface area contributed by atoms with Crippen molar-refractivity contribution in [1.29, 1.82) is 5.26 Å². The van der Waals surface area contributed by atoms with E-state index in [1.165, 1.54) is 0 Å². The van der Waals surface area contributed by atoms with Crippen LogP contribution in [0, 0.1) is 11.3 Å². The number of hydrogen-bond donors (Lipinski definition) is 1. The zero-order valence-corrected chi connectivity index (χ0v) is 9.94. The van der Waals surface area contributed by atoms with Crippen LogP contribution in [0.2, 0.25) is 0 Å². The van der Waals surface area contributed by atoms with E-state index in [2.05, 4.69) is 5.32 Å². The SMILES string of the molecule is CCOC(=O)N1CCC(NC(=O)CC#N)CC1. The molecule has 1 aliphatic rings. The molecule has 6 nitrogen and oxygen atoms in total. The summed E-state index contributed by atoms with van der Waals surface area (Å²) in [4.78, 5) is 24.2. The van der Waals surface area contributed by atoms with Gasteiger partial charge in [-0.3, -0.25) is 4.79 Å².